The minimum atomic E-state index is 0.554. The molecule has 0 saturated heterocycles. The summed E-state index contributed by atoms with van der Waals surface area (Å²) in [6, 6.07) is 7.88. The van der Waals surface area contributed by atoms with Crippen LogP contribution in [0, 0.1) is 0 Å². The molecule has 1 aliphatic heterocycles. The number of benzene rings is 1. The summed E-state index contributed by atoms with van der Waals surface area (Å²) < 4.78 is 12.8. The summed E-state index contributed by atoms with van der Waals surface area (Å²) in [5, 5.41) is 4.41. The highest BCUT2D eigenvalue weighted by atomic mass is 16.5. The van der Waals surface area contributed by atoms with Crippen molar-refractivity contribution in [3.05, 3.63) is 35.5 Å². The van der Waals surface area contributed by atoms with E-state index < -0.39 is 0 Å². The molecule has 0 radical (unpaired) electrons. The maximum Gasteiger partial charge on any atom is 0.151 e. The summed E-state index contributed by atoms with van der Waals surface area (Å²) in [7, 11) is 0. The lowest BCUT2D eigenvalue weighted by molar-refractivity contribution is 0.110. The molecule has 0 atom stereocenters. The average molecular weight is 259 g/mol. The third-order valence-electron chi connectivity index (χ3n) is 3.24. The standard InChI is InChI=1S/C14H17N3O2/c1-2-19-11-5-3-10(4-6-11)17-13-7-8-18-9-12(13)14(15)16-17/h3-6H,2,7-9H2,1H3,(H2,15,16). The SMILES string of the molecule is CCOc1ccc(-n2nc(N)c3c2CCOC3)cc1. The van der Waals surface area contributed by atoms with Gasteiger partial charge in [-0.3, -0.25) is 0 Å². The first-order valence-corrected chi connectivity index (χ1v) is 6.47. The van der Waals surface area contributed by atoms with Crippen molar-refractivity contribution in [2.45, 2.75) is 20.0 Å². The molecule has 5 heteroatoms. The number of ether oxygens (including phenoxy) is 2. The minimum Gasteiger partial charge on any atom is -0.494 e. The van der Waals surface area contributed by atoms with E-state index in [9.17, 15) is 0 Å². The monoisotopic (exact) mass is 259 g/mol. The van der Waals surface area contributed by atoms with E-state index in [1.165, 1.54) is 0 Å². The number of hydrogen-bond donors (Lipinski definition) is 1. The number of nitrogens with zero attached hydrogens (tertiary/aromatic N) is 2. The zero-order valence-corrected chi connectivity index (χ0v) is 10.9. The molecule has 0 amide bonds. The fourth-order valence-corrected chi connectivity index (χ4v) is 2.33. The van der Waals surface area contributed by atoms with Gasteiger partial charge in [0.05, 0.1) is 31.2 Å². The molecule has 5 nitrogen and oxygen atoms in total. The normalized spacial score (nSPS) is 14.2. The topological polar surface area (TPSA) is 62.3 Å². The summed E-state index contributed by atoms with van der Waals surface area (Å²) in [5.74, 6) is 1.42. The highest BCUT2D eigenvalue weighted by Crippen LogP contribution is 2.26. The maximum absolute atomic E-state index is 5.94. The molecule has 2 N–H and O–H groups in total. The molecule has 0 spiro atoms. The Hall–Kier alpha value is -2.01. The van der Waals surface area contributed by atoms with E-state index in [-0.39, 0.29) is 0 Å². The second-order valence-electron chi connectivity index (χ2n) is 4.45. The van der Waals surface area contributed by atoms with Crippen LogP contribution in [0.5, 0.6) is 5.75 Å². The lowest BCUT2D eigenvalue weighted by atomic mass is 10.1. The van der Waals surface area contributed by atoms with Gasteiger partial charge >= 0.3 is 0 Å². The first-order chi connectivity index (χ1) is 9.29. The molecular formula is C14H17N3O2. The number of rotatable bonds is 3. The third-order valence-corrected chi connectivity index (χ3v) is 3.24. The van der Waals surface area contributed by atoms with Crippen LogP contribution >= 0.6 is 0 Å². The molecule has 100 valence electrons. The highest BCUT2D eigenvalue weighted by Gasteiger charge is 2.20. The predicted octanol–water partition coefficient (Wildman–Crippen LogP) is 1.93. The van der Waals surface area contributed by atoms with Crippen LogP contribution in [0.4, 0.5) is 5.82 Å². The molecule has 0 fully saturated rings. The van der Waals surface area contributed by atoms with Gasteiger partial charge in [-0.1, -0.05) is 0 Å². The van der Waals surface area contributed by atoms with Crippen LogP contribution in [0.1, 0.15) is 18.2 Å². The van der Waals surface area contributed by atoms with Crippen LogP contribution in [0.2, 0.25) is 0 Å². The van der Waals surface area contributed by atoms with Crippen molar-refractivity contribution in [1.82, 2.24) is 9.78 Å². The van der Waals surface area contributed by atoms with Crippen LogP contribution in [-0.4, -0.2) is 23.0 Å². The summed E-state index contributed by atoms with van der Waals surface area (Å²) in [4.78, 5) is 0. The Morgan fingerprint density at radius 3 is 2.89 bits per heavy atom. The number of fused-ring (bicyclic) bond motifs is 1. The van der Waals surface area contributed by atoms with Crippen molar-refractivity contribution in [1.29, 1.82) is 0 Å². The van der Waals surface area contributed by atoms with Crippen molar-refractivity contribution in [2.24, 2.45) is 0 Å². The van der Waals surface area contributed by atoms with Gasteiger partial charge in [0.2, 0.25) is 0 Å². The van der Waals surface area contributed by atoms with Crippen molar-refractivity contribution in [3.63, 3.8) is 0 Å². The Labute approximate surface area is 111 Å². The van der Waals surface area contributed by atoms with E-state index in [0.717, 1.165) is 35.7 Å². The largest absolute Gasteiger partial charge is 0.494 e. The zero-order chi connectivity index (χ0) is 13.2. The number of hydrogen-bond acceptors (Lipinski definition) is 4. The van der Waals surface area contributed by atoms with E-state index in [0.29, 0.717) is 19.0 Å². The molecule has 19 heavy (non-hydrogen) atoms. The Bertz CT molecular complexity index is 575. The fraction of sp³-hybridized carbons (Fsp3) is 0.357. The molecule has 1 aromatic carbocycles. The number of anilines is 1. The van der Waals surface area contributed by atoms with Gasteiger partial charge in [0.15, 0.2) is 5.82 Å². The van der Waals surface area contributed by atoms with E-state index in [4.69, 9.17) is 15.2 Å². The van der Waals surface area contributed by atoms with Crippen molar-refractivity contribution < 1.29 is 9.47 Å². The van der Waals surface area contributed by atoms with Gasteiger partial charge in [-0.15, -0.1) is 0 Å². The summed E-state index contributed by atoms with van der Waals surface area (Å²) in [6.45, 7) is 3.91. The summed E-state index contributed by atoms with van der Waals surface area (Å²) in [6.07, 6.45) is 0.840. The molecule has 1 aromatic heterocycles. The first kappa shape index (κ1) is 12.0. The van der Waals surface area contributed by atoms with E-state index in [1.807, 2.05) is 35.9 Å². The van der Waals surface area contributed by atoms with Gasteiger partial charge in [-0.2, -0.15) is 5.10 Å². The number of nitrogens with two attached hydrogens (primary N) is 1. The fourth-order valence-electron chi connectivity index (χ4n) is 2.33. The van der Waals surface area contributed by atoms with E-state index in [2.05, 4.69) is 5.10 Å². The average Bonchev–Trinajstić information content (AvgIpc) is 2.78. The molecule has 0 aliphatic carbocycles. The van der Waals surface area contributed by atoms with Gasteiger partial charge in [-0.25, -0.2) is 4.68 Å². The van der Waals surface area contributed by atoms with Crippen molar-refractivity contribution >= 4 is 5.82 Å². The van der Waals surface area contributed by atoms with Crippen molar-refractivity contribution in [3.8, 4) is 11.4 Å². The van der Waals surface area contributed by atoms with Gasteiger partial charge in [0.25, 0.3) is 0 Å². The molecule has 2 aromatic rings. The van der Waals surface area contributed by atoms with Crippen LogP contribution < -0.4 is 10.5 Å². The second kappa shape index (κ2) is 4.93. The molecule has 2 heterocycles. The molecule has 0 unspecified atom stereocenters. The number of aromatic nitrogens is 2. The lowest BCUT2D eigenvalue weighted by Crippen LogP contribution is -2.13. The van der Waals surface area contributed by atoms with E-state index >= 15 is 0 Å². The van der Waals surface area contributed by atoms with Crippen molar-refractivity contribution in [2.75, 3.05) is 18.9 Å². The maximum atomic E-state index is 5.94. The molecule has 0 saturated carbocycles. The van der Waals surface area contributed by atoms with Crippen LogP contribution in [-0.2, 0) is 17.8 Å². The first-order valence-electron chi connectivity index (χ1n) is 6.47. The summed E-state index contributed by atoms with van der Waals surface area (Å²) in [5.41, 5.74) is 9.10. The summed E-state index contributed by atoms with van der Waals surface area (Å²) >= 11 is 0. The Balaban J connectivity index is 1.97. The molecular weight excluding hydrogens is 242 g/mol. The zero-order valence-electron chi connectivity index (χ0n) is 10.9. The quantitative estimate of drug-likeness (QED) is 0.914. The highest BCUT2D eigenvalue weighted by molar-refractivity contribution is 5.48. The smallest absolute Gasteiger partial charge is 0.151 e. The van der Waals surface area contributed by atoms with E-state index in [1.54, 1.807) is 0 Å². The lowest BCUT2D eigenvalue weighted by Gasteiger charge is -2.14. The Morgan fingerprint density at radius 1 is 1.37 bits per heavy atom. The molecule has 3 rings (SSSR count). The van der Waals surface area contributed by atoms with Crippen LogP contribution in [0.15, 0.2) is 24.3 Å². The van der Waals surface area contributed by atoms with Gasteiger partial charge in [0, 0.05) is 12.0 Å². The minimum absolute atomic E-state index is 0.554. The molecule has 0 bridgehead atoms. The van der Waals surface area contributed by atoms with Gasteiger partial charge in [-0.05, 0) is 31.2 Å². The Morgan fingerprint density at radius 2 is 2.16 bits per heavy atom. The third kappa shape index (κ3) is 2.17. The predicted molar refractivity (Wildman–Crippen MR) is 72.5 cm³/mol. The van der Waals surface area contributed by atoms with Gasteiger partial charge < -0.3 is 15.2 Å². The Kier molecular flexibility index (Phi) is 3.13. The second-order valence-corrected chi connectivity index (χ2v) is 4.45. The van der Waals surface area contributed by atoms with Gasteiger partial charge in [0.1, 0.15) is 5.75 Å². The van der Waals surface area contributed by atoms with Crippen LogP contribution in [0.25, 0.3) is 5.69 Å². The number of nitrogen functional groups attached to an aromatic ring is 1. The van der Waals surface area contributed by atoms with Crippen LogP contribution in [0.3, 0.4) is 0 Å². The molecule has 1 aliphatic rings.